The summed E-state index contributed by atoms with van der Waals surface area (Å²) in [5, 5.41) is 10.6. The zero-order valence-electron chi connectivity index (χ0n) is 19.9. The van der Waals surface area contributed by atoms with Gasteiger partial charge in [0.2, 0.25) is 5.91 Å². The molecule has 2 saturated heterocycles. The highest BCUT2D eigenvalue weighted by molar-refractivity contribution is 5.81. The number of carbonyl (C=O) groups excluding carboxylic acids is 1. The van der Waals surface area contributed by atoms with Gasteiger partial charge in [0.05, 0.1) is 25.2 Å². The first kappa shape index (κ1) is 23.0. The highest BCUT2D eigenvalue weighted by Crippen LogP contribution is 2.49. The lowest BCUT2D eigenvalue weighted by molar-refractivity contribution is -0.142. The van der Waals surface area contributed by atoms with Crippen LogP contribution < -0.4 is 5.56 Å². The van der Waals surface area contributed by atoms with Crippen molar-refractivity contribution < 1.29 is 14.6 Å². The lowest BCUT2D eigenvalue weighted by atomic mass is 9.86. The number of ether oxygens (including phenoxy) is 1. The standard InChI is InChI=1S/C27H29N5O4/c33-17-21-23-16-32-22(4-3-20(26(32)34)19-5-8-28-9-6-19)25(31(23)15-18-2-1-7-29-14-18)24(21)27(35)30-10-12-36-13-11-30/h1-9,14,21,23-25,33H,10-13,15-17H2/t21-,23-,24+,25+/m1/s1. The Morgan fingerprint density at radius 3 is 2.58 bits per heavy atom. The fraction of sp³-hybridized carbons (Fsp3) is 0.407. The summed E-state index contributed by atoms with van der Waals surface area (Å²) in [6.45, 7) is 3.00. The lowest BCUT2D eigenvalue weighted by Crippen LogP contribution is -2.47. The predicted octanol–water partition coefficient (Wildman–Crippen LogP) is 1.33. The van der Waals surface area contributed by atoms with E-state index in [9.17, 15) is 14.7 Å². The Hall–Kier alpha value is -3.40. The lowest BCUT2D eigenvalue weighted by Gasteiger charge is -2.39. The highest BCUT2D eigenvalue weighted by Gasteiger charge is 2.56. The number of rotatable bonds is 5. The van der Waals surface area contributed by atoms with E-state index in [1.54, 1.807) is 18.6 Å². The van der Waals surface area contributed by atoms with Crippen molar-refractivity contribution in [2.24, 2.45) is 11.8 Å². The Balaban J connectivity index is 1.45. The Bertz CT molecular complexity index is 1290. The monoisotopic (exact) mass is 487 g/mol. The van der Waals surface area contributed by atoms with Gasteiger partial charge < -0.3 is 19.3 Å². The minimum atomic E-state index is -0.449. The quantitative estimate of drug-likeness (QED) is 0.580. The predicted molar refractivity (Wildman–Crippen MR) is 132 cm³/mol. The molecule has 2 fully saturated rings. The largest absolute Gasteiger partial charge is 0.396 e. The van der Waals surface area contributed by atoms with E-state index >= 15 is 0 Å². The first-order valence-corrected chi connectivity index (χ1v) is 12.4. The van der Waals surface area contributed by atoms with Crippen LogP contribution in [-0.2, 0) is 22.6 Å². The zero-order valence-corrected chi connectivity index (χ0v) is 19.9. The number of fused-ring (bicyclic) bond motifs is 4. The molecule has 3 aliphatic heterocycles. The van der Waals surface area contributed by atoms with Crippen molar-refractivity contribution >= 4 is 5.91 Å². The molecule has 36 heavy (non-hydrogen) atoms. The van der Waals surface area contributed by atoms with Crippen molar-refractivity contribution in [1.82, 2.24) is 24.3 Å². The van der Waals surface area contributed by atoms with E-state index in [1.165, 1.54) is 0 Å². The molecular formula is C27H29N5O4. The Morgan fingerprint density at radius 1 is 1.06 bits per heavy atom. The van der Waals surface area contributed by atoms with Crippen molar-refractivity contribution in [1.29, 1.82) is 0 Å². The van der Waals surface area contributed by atoms with E-state index in [0.717, 1.165) is 16.8 Å². The Kier molecular flexibility index (Phi) is 6.12. The van der Waals surface area contributed by atoms with Crippen molar-refractivity contribution in [3.05, 3.63) is 82.8 Å². The number of amides is 1. The van der Waals surface area contributed by atoms with E-state index in [2.05, 4.69) is 14.9 Å². The third-order valence-electron chi connectivity index (χ3n) is 7.86. The van der Waals surface area contributed by atoms with Crippen molar-refractivity contribution in [3.8, 4) is 11.1 Å². The van der Waals surface area contributed by atoms with E-state index in [-0.39, 0.29) is 36.1 Å². The number of aromatic nitrogens is 3. The molecule has 9 nitrogen and oxygen atoms in total. The number of hydrogen-bond acceptors (Lipinski definition) is 7. The van der Waals surface area contributed by atoms with Gasteiger partial charge in [0.1, 0.15) is 0 Å². The molecule has 4 atom stereocenters. The normalized spacial score (nSPS) is 25.5. The smallest absolute Gasteiger partial charge is 0.258 e. The van der Waals surface area contributed by atoms with Crippen LogP contribution in [0.15, 0.2) is 66.0 Å². The molecular weight excluding hydrogens is 458 g/mol. The topological polar surface area (TPSA) is 101 Å². The average molecular weight is 488 g/mol. The van der Waals surface area contributed by atoms with E-state index in [0.29, 0.717) is 45.0 Å². The number of nitrogens with zero attached hydrogens (tertiary/aromatic N) is 5. The summed E-state index contributed by atoms with van der Waals surface area (Å²) in [6.07, 6.45) is 6.93. The van der Waals surface area contributed by atoms with Crippen molar-refractivity contribution in [2.45, 2.75) is 25.2 Å². The summed E-state index contributed by atoms with van der Waals surface area (Å²) < 4.78 is 7.29. The van der Waals surface area contributed by atoms with Crippen LogP contribution in [0.1, 0.15) is 17.3 Å². The van der Waals surface area contributed by atoms with E-state index < -0.39 is 5.92 Å². The van der Waals surface area contributed by atoms with Gasteiger partial charge in [-0.2, -0.15) is 0 Å². The molecule has 186 valence electrons. The van der Waals surface area contributed by atoms with E-state index in [1.807, 2.05) is 52.1 Å². The maximum atomic E-state index is 13.9. The second-order valence-electron chi connectivity index (χ2n) is 9.68. The number of carbonyl (C=O) groups is 1. The van der Waals surface area contributed by atoms with Crippen LogP contribution in [0.2, 0.25) is 0 Å². The van der Waals surface area contributed by atoms with Gasteiger partial charge in [-0.3, -0.25) is 24.5 Å². The molecule has 0 radical (unpaired) electrons. The average Bonchev–Trinajstić information content (AvgIpc) is 3.13. The van der Waals surface area contributed by atoms with E-state index in [4.69, 9.17) is 4.74 Å². The van der Waals surface area contributed by atoms with Crippen LogP contribution in [-0.4, -0.2) is 74.3 Å². The minimum Gasteiger partial charge on any atom is -0.396 e. The van der Waals surface area contributed by atoms with Crippen LogP contribution in [0.3, 0.4) is 0 Å². The van der Waals surface area contributed by atoms with Crippen LogP contribution in [0.5, 0.6) is 0 Å². The second kappa shape index (κ2) is 9.57. The first-order chi connectivity index (χ1) is 17.7. The van der Waals surface area contributed by atoms with Gasteiger partial charge >= 0.3 is 0 Å². The van der Waals surface area contributed by atoms with Gasteiger partial charge in [0.15, 0.2) is 0 Å². The number of hydrogen-bond donors (Lipinski definition) is 1. The number of aliphatic hydroxyl groups is 1. The minimum absolute atomic E-state index is 0.0279. The summed E-state index contributed by atoms with van der Waals surface area (Å²) in [6, 6.07) is 10.9. The van der Waals surface area contributed by atoms with Crippen molar-refractivity contribution in [2.75, 3.05) is 32.9 Å². The molecule has 3 aromatic heterocycles. The Labute approximate surface area is 209 Å². The maximum absolute atomic E-state index is 13.9. The van der Waals surface area contributed by atoms with Crippen LogP contribution in [0.4, 0.5) is 0 Å². The van der Waals surface area contributed by atoms with Crippen molar-refractivity contribution in [3.63, 3.8) is 0 Å². The summed E-state index contributed by atoms with van der Waals surface area (Å²) in [5.41, 5.74) is 3.20. The van der Waals surface area contributed by atoms with Crippen LogP contribution in [0, 0.1) is 11.8 Å². The molecule has 0 aliphatic carbocycles. The molecule has 1 amide bonds. The molecule has 9 heteroatoms. The van der Waals surface area contributed by atoms with Crippen LogP contribution >= 0.6 is 0 Å². The summed E-state index contributed by atoms with van der Waals surface area (Å²) >= 11 is 0. The Morgan fingerprint density at radius 2 is 1.86 bits per heavy atom. The highest BCUT2D eigenvalue weighted by atomic mass is 16.5. The molecule has 6 heterocycles. The second-order valence-corrected chi connectivity index (χ2v) is 9.68. The molecule has 3 aliphatic rings. The third-order valence-corrected chi connectivity index (χ3v) is 7.86. The van der Waals surface area contributed by atoms with Crippen LogP contribution in [0.25, 0.3) is 11.1 Å². The van der Waals surface area contributed by atoms with Gasteiger partial charge in [-0.15, -0.1) is 0 Å². The maximum Gasteiger partial charge on any atom is 0.258 e. The molecule has 0 spiro atoms. The number of morpholine rings is 1. The molecule has 0 saturated carbocycles. The molecule has 6 rings (SSSR count). The zero-order chi connectivity index (χ0) is 24.6. The van der Waals surface area contributed by atoms with Gasteiger partial charge in [0.25, 0.3) is 5.56 Å². The molecule has 0 unspecified atom stereocenters. The van der Waals surface area contributed by atoms with Gasteiger partial charge in [-0.05, 0) is 41.5 Å². The SMILES string of the molecule is O=C([C@H]1[C@H](CO)[C@H]2Cn3c(ccc(-c4ccncc4)c3=O)[C@@H]1N2Cc1cccnc1)N1CCOCC1. The first-order valence-electron chi connectivity index (χ1n) is 12.4. The molecule has 1 N–H and O–H groups in total. The third kappa shape index (κ3) is 3.84. The summed E-state index contributed by atoms with van der Waals surface area (Å²) in [7, 11) is 0. The fourth-order valence-corrected chi connectivity index (χ4v) is 6.17. The summed E-state index contributed by atoms with van der Waals surface area (Å²) in [4.78, 5) is 40.1. The molecule has 2 bridgehead atoms. The number of pyridine rings is 3. The molecule has 0 aromatic carbocycles. The fourth-order valence-electron chi connectivity index (χ4n) is 6.17. The van der Waals surface area contributed by atoms with Gasteiger partial charge in [-0.25, -0.2) is 0 Å². The summed E-state index contributed by atoms with van der Waals surface area (Å²) in [5.74, 6) is -0.708. The van der Waals surface area contributed by atoms with Gasteiger partial charge in [0, 0.05) is 80.8 Å². The number of aliphatic hydroxyl groups excluding tert-OH is 1. The van der Waals surface area contributed by atoms with Gasteiger partial charge in [-0.1, -0.05) is 6.07 Å². The molecule has 3 aromatic rings.